The molecule has 0 saturated heterocycles. The second-order valence-corrected chi connectivity index (χ2v) is 4.24. The maximum atomic E-state index is 9.13. The first kappa shape index (κ1) is 12.9. The second-order valence-electron chi connectivity index (χ2n) is 4.24. The zero-order chi connectivity index (χ0) is 13.7. The van der Waals surface area contributed by atoms with E-state index in [-0.39, 0.29) is 0 Å². The van der Waals surface area contributed by atoms with Gasteiger partial charge in [-0.3, -0.25) is 0 Å². The van der Waals surface area contributed by atoms with Gasteiger partial charge < -0.3 is 10.6 Å². The molecular formula is C15H16N4. The summed E-state index contributed by atoms with van der Waals surface area (Å²) in [4.78, 5) is 6.39. The van der Waals surface area contributed by atoms with Crippen LogP contribution in [0.15, 0.2) is 42.6 Å². The molecule has 0 spiro atoms. The van der Waals surface area contributed by atoms with Crippen molar-refractivity contribution in [3.63, 3.8) is 0 Å². The van der Waals surface area contributed by atoms with Crippen LogP contribution in [-0.4, -0.2) is 11.5 Å². The standard InChI is InChI=1S/C15H16N4/c1-2-19(11-12-5-7-14(17)8-6-12)15-13(10-16)4-3-9-18-15/h3-9H,2,11,17H2,1H3. The third-order valence-corrected chi connectivity index (χ3v) is 2.94. The van der Waals surface area contributed by atoms with E-state index in [1.54, 1.807) is 18.3 Å². The molecule has 1 aromatic carbocycles. The molecule has 0 aliphatic carbocycles. The second kappa shape index (κ2) is 5.87. The van der Waals surface area contributed by atoms with Crippen LogP contribution in [0.1, 0.15) is 18.1 Å². The Labute approximate surface area is 113 Å². The number of rotatable bonds is 4. The molecule has 0 atom stereocenters. The summed E-state index contributed by atoms with van der Waals surface area (Å²) in [6, 6.07) is 13.5. The quantitative estimate of drug-likeness (QED) is 0.849. The van der Waals surface area contributed by atoms with E-state index in [1.807, 2.05) is 31.2 Å². The maximum absolute atomic E-state index is 9.13. The van der Waals surface area contributed by atoms with Gasteiger partial charge in [0.25, 0.3) is 0 Å². The molecule has 1 aromatic heterocycles. The fourth-order valence-corrected chi connectivity index (χ4v) is 1.92. The van der Waals surface area contributed by atoms with Crippen molar-refractivity contribution in [2.45, 2.75) is 13.5 Å². The first-order valence-corrected chi connectivity index (χ1v) is 6.19. The Kier molecular flexibility index (Phi) is 3.99. The largest absolute Gasteiger partial charge is 0.399 e. The highest BCUT2D eigenvalue weighted by Gasteiger charge is 2.11. The lowest BCUT2D eigenvalue weighted by Gasteiger charge is -2.22. The van der Waals surface area contributed by atoms with Gasteiger partial charge in [-0.15, -0.1) is 0 Å². The van der Waals surface area contributed by atoms with Crippen LogP contribution in [0, 0.1) is 11.3 Å². The van der Waals surface area contributed by atoms with Crippen LogP contribution in [0.2, 0.25) is 0 Å². The molecular weight excluding hydrogens is 236 g/mol. The predicted octanol–water partition coefficient (Wildman–Crippen LogP) is 2.56. The van der Waals surface area contributed by atoms with Gasteiger partial charge in [-0.05, 0) is 36.8 Å². The molecule has 0 fully saturated rings. The van der Waals surface area contributed by atoms with E-state index < -0.39 is 0 Å². The average Bonchev–Trinajstić information content (AvgIpc) is 2.46. The van der Waals surface area contributed by atoms with Crippen LogP contribution in [-0.2, 0) is 6.54 Å². The van der Waals surface area contributed by atoms with Crippen molar-refractivity contribution in [2.24, 2.45) is 0 Å². The average molecular weight is 252 g/mol. The van der Waals surface area contributed by atoms with Gasteiger partial charge in [-0.25, -0.2) is 4.98 Å². The molecule has 0 saturated carbocycles. The van der Waals surface area contributed by atoms with Crippen molar-refractivity contribution in [3.05, 3.63) is 53.7 Å². The molecule has 0 radical (unpaired) electrons. The summed E-state index contributed by atoms with van der Waals surface area (Å²) in [6.07, 6.45) is 1.71. The van der Waals surface area contributed by atoms with Gasteiger partial charge >= 0.3 is 0 Å². The number of nitrogens with zero attached hydrogens (tertiary/aromatic N) is 3. The summed E-state index contributed by atoms with van der Waals surface area (Å²) in [7, 11) is 0. The smallest absolute Gasteiger partial charge is 0.146 e. The summed E-state index contributed by atoms with van der Waals surface area (Å²) in [5.41, 5.74) is 8.17. The van der Waals surface area contributed by atoms with Gasteiger partial charge in [0, 0.05) is 25.0 Å². The topological polar surface area (TPSA) is 65.9 Å². The number of nitrogens with two attached hydrogens (primary N) is 1. The molecule has 2 rings (SSSR count). The van der Waals surface area contributed by atoms with Gasteiger partial charge in [0.15, 0.2) is 0 Å². The van der Waals surface area contributed by atoms with Crippen LogP contribution in [0.5, 0.6) is 0 Å². The minimum absolute atomic E-state index is 0.597. The maximum Gasteiger partial charge on any atom is 0.146 e. The Morgan fingerprint density at radius 1 is 1.26 bits per heavy atom. The van der Waals surface area contributed by atoms with Crippen molar-refractivity contribution >= 4 is 11.5 Å². The van der Waals surface area contributed by atoms with Crippen LogP contribution in [0.4, 0.5) is 11.5 Å². The lowest BCUT2D eigenvalue weighted by Crippen LogP contribution is -2.24. The molecule has 0 bridgehead atoms. The normalized spacial score (nSPS) is 9.89. The lowest BCUT2D eigenvalue weighted by atomic mass is 10.2. The van der Waals surface area contributed by atoms with E-state index in [2.05, 4.69) is 16.0 Å². The van der Waals surface area contributed by atoms with E-state index in [0.29, 0.717) is 12.1 Å². The Balaban J connectivity index is 2.25. The highest BCUT2D eigenvalue weighted by atomic mass is 15.2. The third kappa shape index (κ3) is 3.02. The molecule has 2 aromatic rings. The summed E-state index contributed by atoms with van der Waals surface area (Å²) >= 11 is 0. The minimum atomic E-state index is 0.597. The Morgan fingerprint density at radius 3 is 2.63 bits per heavy atom. The number of hydrogen-bond donors (Lipinski definition) is 1. The molecule has 0 aliphatic rings. The van der Waals surface area contributed by atoms with Gasteiger partial charge in [0.05, 0.1) is 5.56 Å². The molecule has 0 unspecified atom stereocenters. The fourth-order valence-electron chi connectivity index (χ4n) is 1.92. The van der Waals surface area contributed by atoms with E-state index >= 15 is 0 Å². The van der Waals surface area contributed by atoms with Crippen LogP contribution in [0.3, 0.4) is 0 Å². The number of benzene rings is 1. The summed E-state index contributed by atoms with van der Waals surface area (Å²) in [5.74, 6) is 0.726. The lowest BCUT2D eigenvalue weighted by molar-refractivity contribution is 0.812. The monoisotopic (exact) mass is 252 g/mol. The first-order chi connectivity index (χ1) is 9.24. The van der Waals surface area contributed by atoms with Crippen molar-refractivity contribution in [1.29, 1.82) is 5.26 Å². The summed E-state index contributed by atoms with van der Waals surface area (Å²) < 4.78 is 0. The van der Waals surface area contributed by atoms with Crippen molar-refractivity contribution in [1.82, 2.24) is 4.98 Å². The van der Waals surface area contributed by atoms with E-state index in [1.165, 1.54) is 0 Å². The minimum Gasteiger partial charge on any atom is -0.399 e. The Morgan fingerprint density at radius 2 is 2.00 bits per heavy atom. The molecule has 4 heteroatoms. The highest BCUT2D eigenvalue weighted by Crippen LogP contribution is 2.19. The zero-order valence-corrected chi connectivity index (χ0v) is 10.9. The molecule has 0 aliphatic heterocycles. The van der Waals surface area contributed by atoms with Gasteiger partial charge in [-0.1, -0.05) is 12.1 Å². The number of anilines is 2. The zero-order valence-electron chi connectivity index (χ0n) is 10.9. The number of nitriles is 1. The number of hydrogen-bond acceptors (Lipinski definition) is 4. The molecule has 1 heterocycles. The molecule has 19 heavy (non-hydrogen) atoms. The molecule has 4 nitrogen and oxygen atoms in total. The van der Waals surface area contributed by atoms with Gasteiger partial charge in [-0.2, -0.15) is 5.26 Å². The van der Waals surface area contributed by atoms with Crippen molar-refractivity contribution < 1.29 is 0 Å². The number of nitrogen functional groups attached to an aromatic ring is 1. The van der Waals surface area contributed by atoms with E-state index in [4.69, 9.17) is 11.0 Å². The van der Waals surface area contributed by atoms with Gasteiger partial charge in [0.2, 0.25) is 0 Å². The van der Waals surface area contributed by atoms with E-state index in [0.717, 1.165) is 23.6 Å². The molecule has 2 N–H and O–H groups in total. The highest BCUT2D eigenvalue weighted by molar-refractivity contribution is 5.54. The summed E-state index contributed by atoms with van der Waals surface area (Å²) in [6.45, 7) is 3.55. The first-order valence-electron chi connectivity index (χ1n) is 6.19. The van der Waals surface area contributed by atoms with Crippen molar-refractivity contribution in [3.8, 4) is 6.07 Å². The van der Waals surface area contributed by atoms with Crippen molar-refractivity contribution in [2.75, 3.05) is 17.2 Å². The Bertz CT molecular complexity index is 584. The van der Waals surface area contributed by atoms with Crippen LogP contribution < -0.4 is 10.6 Å². The molecule has 96 valence electrons. The van der Waals surface area contributed by atoms with E-state index in [9.17, 15) is 0 Å². The van der Waals surface area contributed by atoms with Crippen LogP contribution in [0.25, 0.3) is 0 Å². The van der Waals surface area contributed by atoms with Gasteiger partial charge in [0.1, 0.15) is 11.9 Å². The third-order valence-electron chi connectivity index (χ3n) is 2.94. The molecule has 0 amide bonds. The number of aromatic nitrogens is 1. The Hall–Kier alpha value is -2.54. The van der Waals surface area contributed by atoms with Crippen LogP contribution >= 0.6 is 0 Å². The summed E-state index contributed by atoms with van der Waals surface area (Å²) in [5, 5.41) is 9.13. The SMILES string of the molecule is CCN(Cc1ccc(N)cc1)c1ncccc1C#N. The number of pyridine rings is 1. The fraction of sp³-hybridized carbons (Fsp3) is 0.200. The predicted molar refractivity (Wildman–Crippen MR) is 76.5 cm³/mol.